The number of hydrogen-bond acceptors (Lipinski definition) is 4. The summed E-state index contributed by atoms with van der Waals surface area (Å²) in [7, 11) is 0. The number of carboxylic acids is 1. The summed E-state index contributed by atoms with van der Waals surface area (Å²) in [6, 6.07) is 0. The van der Waals surface area contributed by atoms with Gasteiger partial charge >= 0.3 is 5.97 Å². The van der Waals surface area contributed by atoms with Crippen LogP contribution in [-0.4, -0.2) is 38.5 Å². The molecule has 2 N–H and O–H groups in total. The molecule has 1 amide bonds. The lowest BCUT2D eigenvalue weighted by atomic mass is 10.2. The van der Waals surface area contributed by atoms with Crippen molar-refractivity contribution in [3.63, 3.8) is 0 Å². The maximum absolute atomic E-state index is 11.6. The Morgan fingerprint density at radius 2 is 2.28 bits per heavy atom. The van der Waals surface area contributed by atoms with Crippen molar-refractivity contribution in [1.82, 2.24) is 20.3 Å². The van der Waals surface area contributed by atoms with Crippen molar-refractivity contribution in [2.45, 2.75) is 25.8 Å². The van der Waals surface area contributed by atoms with Gasteiger partial charge in [-0.05, 0) is 12.8 Å². The molecule has 7 heteroatoms. The first-order valence-electron chi connectivity index (χ1n) is 5.47. The number of terminal acetylenes is 1. The molecule has 0 spiro atoms. The Morgan fingerprint density at radius 3 is 2.94 bits per heavy atom. The van der Waals surface area contributed by atoms with Gasteiger partial charge in [-0.2, -0.15) is 0 Å². The molecule has 96 valence electrons. The molecule has 0 aromatic carbocycles. The maximum Gasteiger partial charge on any atom is 0.325 e. The number of amides is 1. The Hall–Kier alpha value is -2.36. The van der Waals surface area contributed by atoms with E-state index in [-0.39, 0.29) is 18.1 Å². The maximum atomic E-state index is 11.6. The van der Waals surface area contributed by atoms with Crippen LogP contribution < -0.4 is 5.32 Å². The summed E-state index contributed by atoms with van der Waals surface area (Å²) in [6.07, 6.45) is 8.72. The lowest BCUT2D eigenvalue weighted by molar-refractivity contribution is -0.137. The van der Waals surface area contributed by atoms with Gasteiger partial charge in [0.2, 0.25) is 0 Å². The highest BCUT2D eigenvalue weighted by Gasteiger charge is 2.11. The van der Waals surface area contributed by atoms with Crippen LogP contribution in [0.25, 0.3) is 0 Å². The Bertz CT molecular complexity index is 461. The van der Waals surface area contributed by atoms with Gasteiger partial charge in [0, 0.05) is 13.0 Å². The normalized spacial score (nSPS) is 9.72. The van der Waals surface area contributed by atoms with Gasteiger partial charge in [-0.15, -0.1) is 17.4 Å². The fourth-order valence-electron chi connectivity index (χ4n) is 1.26. The first-order valence-corrected chi connectivity index (χ1v) is 5.47. The fraction of sp³-hybridized carbons (Fsp3) is 0.455. The molecule has 7 nitrogen and oxygen atoms in total. The number of nitrogens with zero attached hydrogens (tertiary/aromatic N) is 3. The summed E-state index contributed by atoms with van der Waals surface area (Å²) in [5.41, 5.74) is 0.105. The molecule has 0 aliphatic carbocycles. The zero-order chi connectivity index (χ0) is 13.4. The minimum absolute atomic E-state index is 0.105. The van der Waals surface area contributed by atoms with E-state index in [4.69, 9.17) is 11.5 Å². The molecule has 0 atom stereocenters. The second-order valence-corrected chi connectivity index (χ2v) is 3.61. The summed E-state index contributed by atoms with van der Waals surface area (Å²) in [6.45, 7) is 0.189. The first-order chi connectivity index (χ1) is 8.63. The Labute approximate surface area is 104 Å². The van der Waals surface area contributed by atoms with Gasteiger partial charge in [0.25, 0.3) is 5.91 Å². The third kappa shape index (κ3) is 4.65. The van der Waals surface area contributed by atoms with E-state index in [2.05, 4.69) is 21.5 Å². The number of carboxylic acid groups (broad SMARTS) is 1. The minimum atomic E-state index is -1.04. The van der Waals surface area contributed by atoms with Crippen LogP contribution >= 0.6 is 0 Å². The van der Waals surface area contributed by atoms with Crippen molar-refractivity contribution >= 4 is 11.9 Å². The molecule has 0 aliphatic rings. The van der Waals surface area contributed by atoms with Crippen molar-refractivity contribution in [3.05, 3.63) is 11.9 Å². The van der Waals surface area contributed by atoms with Crippen molar-refractivity contribution < 1.29 is 14.7 Å². The summed E-state index contributed by atoms with van der Waals surface area (Å²) >= 11 is 0. The van der Waals surface area contributed by atoms with E-state index in [9.17, 15) is 9.59 Å². The molecule has 0 bridgehead atoms. The number of carbonyl (C=O) groups excluding carboxylic acids is 1. The van der Waals surface area contributed by atoms with Crippen molar-refractivity contribution in [2.24, 2.45) is 0 Å². The van der Waals surface area contributed by atoms with E-state index in [0.717, 1.165) is 17.5 Å². The molecule has 0 saturated carbocycles. The number of aromatic nitrogens is 3. The summed E-state index contributed by atoms with van der Waals surface area (Å²) in [4.78, 5) is 22.0. The molecular formula is C11H14N4O3. The van der Waals surface area contributed by atoms with Crippen LogP contribution in [0.1, 0.15) is 29.8 Å². The van der Waals surface area contributed by atoms with Crippen molar-refractivity contribution in [1.29, 1.82) is 0 Å². The van der Waals surface area contributed by atoms with Crippen LogP contribution in [0.5, 0.6) is 0 Å². The van der Waals surface area contributed by atoms with Crippen LogP contribution in [-0.2, 0) is 11.3 Å². The molecule has 0 saturated heterocycles. The molecule has 0 unspecified atom stereocenters. The Balaban J connectivity index is 2.35. The summed E-state index contributed by atoms with van der Waals surface area (Å²) < 4.78 is 1.09. The van der Waals surface area contributed by atoms with Gasteiger partial charge in [-0.25, -0.2) is 4.68 Å². The van der Waals surface area contributed by atoms with Crippen molar-refractivity contribution in [2.75, 3.05) is 6.54 Å². The predicted molar refractivity (Wildman–Crippen MR) is 62.7 cm³/mol. The van der Waals surface area contributed by atoms with Gasteiger partial charge in [0.1, 0.15) is 6.54 Å². The van der Waals surface area contributed by atoms with E-state index >= 15 is 0 Å². The molecule has 0 radical (unpaired) electrons. The zero-order valence-electron chi connectivity index (χ0n) is 9.80. The molecule has 0 fully saturated rings. The average Bonchev–Trinajstić information content (AvgIpc) is 2.76. The van der Waals surface area contributed by atoms with Crippen molar-refractivity contribution in [3.8, 4) is 12.3 Å². The Morgan fingerprint density at radius 1 is 1.50 bits per heavy atom. The number of nitrogens with one attached hydrogen (secondary N) is 1. The highest BCUT2D eigenvalue weighted by molar-refractivity contribution is 5.91. The monoisotopic (exact) mass is 250 g/mol. The van der Waals surface area contributed by atoms with Gasteiger partial charge in [-0.3, -0.25) is 9.59 Å². The van der Waals surface area contributed by atoms with Crippen LogP contribution in [0.4, 0.5) is 0 Å². The largest absolute Gasteiger partial charge is 0.480 e. The highest BCUT2D eigenvalue weighted by Crippen LogP contribution is 1.95. The number of hydrogen-bond donors (Lipinski definition) is 2. The number of rotatable bonds is 7. The zero-order valence-corrected chi connectivity index (χ0v) is 9.80. The van der Waals surface area contributed by atoms with E-state index < -0.39 is 5.97 Å². The van der Waals surface area contributed by atoms with Gasteiger partial charge in [0.05, 0.1) is 6.20 Å². The predicted octanol–water partition coefficient (Wildman–Crippen LogP) is -0.104. The SMILES string of the molecule is C#CCCCCNC(=O)c1cn(CC(=O)O)nn1. The topological polar surface area (TPSA) is 97.1 Å². The highest BCUT2D eigenvalue weighted by atomic mass is 16.4. The smallest absolute Gasteiger partial charge is 0.325 e. The van der Waals surface area contributed by atoms with Crippen LogP contribution in [0.15, 0.2) is 6.20 Å². The third-order valence-corrected chi connectivity index (χ3v) is 2.10. The molecule has 18 heavy (non-hydrogen) atoms. The lowest BCUT2D eigenvalue weighted by Crippen LogP contribution is -2.24. The number of aliphatic carboxylic acids is 1. The van der Waals surface area contributed by atoms with E-state index in [1.54, 1.807) is 0 Å². The quantitative estimate of drug-likeness (QED) is 0.520. The minimum Gasteiger partial charge on any atom is -0.480 e. The van der Waals surface area contributed by atoms with E-state index in [1.165, 1.54) is 6.20 Å². The van der Waals surface area contributed by atoms with Gasteiger partial charge in [0.15, 0.2) is 5.69 Å². The average molecular weight is 250 g/mol. The first kappa shape index (κ1) is 13.7. The molecular weight excluding hydrogens is 236 g/mol. The van der Waals surface area contributed by atoms with Gasteiger partial charge in [-0.1, -0.05) is 5.21 Å². The molecule has 1 aromatic rings. The van der Waals surface area contributed by atoms with Crippen LogP contribution in [0, 0.1) is 12.3 Å². The van der Waals surface area contributed by atoms with E-state index in [1.807, 2.05) is 0 Å². The van der Waals surface area contributed by atoms with Gasteiger partial charge < -0.3 is 10.4 Å². The van der Waals surface area contributed by atoms with E-state index in [0.29, 0.717) is 13.0 Å². The molecule has 1 aromatic heterocycles. The molecule has 1 heterocycles. The second-order valence-electron chi connectivity index (χ2n) is 3.61. The third-order valence-electron chi connectivity index (χ3n) is 2.10. The fourth-order valence-corrected chi connectivity index (χ4v) is 1.26. The summed E-state index contributed by atoms with van der Waals surface area (Å²) in [5, 5.41) is 18.3. The standard InChI is InChI=1S/C11H14N4O3/c1-2-3-4-5-6-12-11(18)9-7-15(14-13-9)8-10(16)17/h1,7H,3-6,8H2,(H,12,18)(H,16,17). The number of carbonyl (C=O) groups is 2. The summed E-state index contributed by atoms with van der Waals surface area (Å²) in [5.74, 6) is 1.11. The molecule has 1 rings (SSSR count). The lowest BCUT2D eigenvalue weighted by Gasteiger charge is -2.00. The Kier molecular flexibility index (Phi) is 5.38. The van der Waals surface area contributed by atoms with Crippen LogP contribution in [0.3, 0.4) is 0 Å². The molecule has 0 aliphatic heterocycles. The number of unbranched alkanes of at least 4 members (excludes halogenated alkanes) is 2. The second kappa shape index (κ2) is 7.06. The van der Waals surface area contributed by atoms with Crippen LogP contribution in [0.2, 0.25) is 0 Å².